The molecule has 0 rings (SSSR count). The number of hydrogen-bond donors (Lipinski definition) is 3. The zero-order valence-corrected chi connectivity index (χ0v) is 16.8. The van der Waals surface area contributed by atoms with Crippen molar-refractivity contribution in [3.05, 3.63) is 48.6 Å². The largest absolute Gasteiger partial charge is 0.481 e. The summed E-state index contributed by atoms with van der Waals surface area (Å²) in [6.07, 6.45) is 24.1. The number of aliphatic carboxylic acids is 1. The zero-order chi connectivity index (χ0) is 20.2. The van der Waals surface area contributed by atoms with Crippen LogP contribution in [0.25, 0.3) is 0 Å². The molecule has 154 valence electrons. The molecule has 2 atom stereocenters. The number of carbonyl (C=O) groups is 1. The zero-order valence-electron chi connectivity index (χ0n) is 16.8. The molecule has 4 nitrogen and oxygen atoms in total. The van der Waals surface area contributed by atoms with Crippen molar-refractivity contribution in [3.8, 4) is 0 Å². The van der Waals surface area contributed by atoms with E-state index in [9.17, 15) is 15.0 Å². The van der Waals surface area contributed by atoms with Gasteiger partial charge in [0.1, 0.15) is 0 Å². The van der Waals surface area contributed by atoms with Gasteiger partial charge in [0.05, 0.1) is 6.10 Å². The number of carboxylic acids is 1. The van der Waals surface area contributed by atoms with Crippen LogP contribution in [-0.2, 0) is 4.79 Å². The highest BCUT2D eigenvalue weighted by Gasteiger charge is 2.14. The maximum absolute atomic E-state index is 10.4. The summed E-state index contributed by atoms with van der Waals surface area (Å²) in [6, 6.07) is 0. The third-order valence-corrected chi connectivity index (χ3v) is 4.37. The molecule has 4 heteroatoms. The van der Waals surface area contributed by atoms with Crippen molar-refractivity contribution in [2.24, 2.45) is 5.92 Å². The van der Waals surface area contributed by atoms with E-state index >= 15 is 0 Å². The summed E-state index contributed by atoms with van der Waals surface area (Å²) in [6.45, 7) is 2.16. The average molecular weight is 379 g/mol. The van der Waals surface area contributed by atoms with Crippen LogP contribution in [0.1, 0.15) is 71.1 Å². The molecule has 0 radical (unpaired) electrons. The van der Waals surface area contributed by atoms with Crippen LogP contribution in [0.5, 0.6) is 0 Å². The van der Waals surface area contributed by atoms with E-state index < -0.39 is 12.1 Å². The number of rotatable bonds is 17. The molecule has 0 aromatic heterocycles. The predicted octanol–water partition coefficient (Wildman–Crippen LogP) is 5.19. The van der Waals surface area contributed by atoms with Crippen LogP contribution in [0.15, 0.2) is 48.6 Å². The number of aliphatic hydroxyl groups is 2. The van der Waals surface area contributed by atoms with Gasteiger partial charge >= 0.3 is 5.97 Å². The lowest BCUT2D eigenvalue weighted by molar-refractivity contribution is -0.137. The number of carboxylic acid groups (broad SMARTS) is 1. The van der Waals surface area contributed by atoms with Gasteiger partial charge in [0.2, 0.25) is 0 Å². The fourth-order valence-corrected chi connectivity index (χ4v) is 2.65. The highest BCUT2D eigenvalue weighted by Crippen LogP contribution is 2.14. The van der Waals surface area contributed by atoms with Gasteiger partial charge in [-0.1, -0.05) is 81.2 Å². The van der Waals surface area contributed by atoms with Gasteiger partial charge in [-0.15, -0.1) is 0 Å². The minimum absolute atomic E-state index is 0.0186. The Bertz CT molecular complexity index is 463. The van der Waals surface area contributed by atoms with Gasteiger partial charge in [0.15, 0.2) is 0 Å². The van der Waals surface area contributed by atoms with E-state index in [0.717, 1.165) is 57.8 Å². The molecule has 0 fully saturated rings. The molecule has 0 spiro atoms. The van der Waals surface area contributed by atoms with Crippen molar-refractivity contribution in [2.75, 3.05) is 6.61 Å². The summed E-state index contributed by atoms with van der Waals surface area (Å²) in [4.78, 5) is 10.4. The number of unbranched alkanes of at least 4 members (excludes halogenated alkanes) is 5. The van der Waals surface area contributed by atoms with Gasteiger partial charge in [-0.2, -0.15) is 0 Å². The van der Waals surface area contributed by atoms with Crippen molar-refractivity contribution in [1.82, 2.24) is 0 Å². The molecular formula is C23H38O4. The second-order valence-corrected chi connectivity index (χ2v) is 6.83. The summed E-state index contributed by atoms with van der Waals surface area (Å²) in [5, 5.41) is 28.0. The quantitative estimate of drug-likeness (QED) is 0.185. The van der Waals surface area contributed by atoms with Gasteiger partial charge < -0.3 is 15.3 Å². The number of allylic oxidation sites excluding steroid dienone is 7. The molecule has 0 aromatic carbocycles. The molecule has 27 heavy (non-hydrogen) atoms. The number of hydrogen-bond acceptors (Lipinski definition) is 3. The van der Waals surface area contributed by atoms with Crippen LogP contribution in [0.2, 0.25) is 0 Å². The van der Waals surface area contributed by atoms with Crippen molar-refractivity contribution in [2.45, 2.75) is 77.2 Å². The first-order valence-electron chi connectivity index (χ1n) is 10.3. The first-order chi connectivity index (χ1) is 13.1. The molecule has 2 unspecified atom stereocenters. The molecule has 0 aliphatic rings. The monoisotopic (exact) mass is 378 g/mol. The SMILES string of the molecule is CCCCCC(CO)C(O)/C=C/C=C\C=C/C/C=C\CCCCCC(=O)O. The second kappa shape index (κ2) is 19.1. The predicted molar refractivity (Wildman–Crippen MR) is 113 cm³/mol. The topological polar surface area (TPSA) is 77.8 Å². The van der Waals surface area contributed by atoms with E-state index in [1.807, 2.05) is 24.3 Å². The lowest BCUT2D eigenvalue weighted by atomic mass is 9.96. The van der Waals surface area contributed by atoms with E-state index in [1.165, 1.54) is 0 Å². The summed E-state index contributed by atoms with van der Waals surface area (Å²) in [7, 11) is 0. The van der Waals surface area contributed by atoms with E-state index in [1.54, 1.807) is 6.08 Å². The molecule has 0 heterocycles. The molecule has 0 amide bonds. The molecule has 0 aliphatic carbocycles. The Morgan fingerprint density at radius 1 is 0.926 bits per heavy atom. The van der Waals surface area contributed by atoms with E-state index in [2.05, 4.69) is 25.2 Å². The molecule has 0 aliphatic heterocycles. The second-order valence-electron chi connectivity index (χ2n) is 6.83. The van der Waals surface area contributed by atoms with E-state index in [0.29, 0.717) is 0 Å². The highest BCUT2D eigenvalue weighted by atomic mass is 16.4. The minimum atomic E-state index is -0.715. The lowest BCUT2D eigenvalue weighted by Gasteiger charge is -2.17. The van der Waals surface area contributed by atoms with Gasteiger partial charge in [-0.05, 0) is 32.1 Å². The van der Waals surface area contributed by atoms with Gasteiger partial charge in [0.25, 0.3) is 0 Å². The smallest absolute Gasteiger partial charge is 0.303 e. The highest BCUT2D eigenvalue weighted by molar-refractivity contribution is 5.66. The fourth-order valence-electron chi connectivity index (χ4n) is 2.65. The molecule has 3 N–H and O–H groups in total. The maximum atomic E-state index is 10.4. The van der Waals surface area contributed by atoms with Crippen molar-refractivity contribution in [3.63, 3.8) is 0 Å². The molecular weight excluding hydrogens is 340 g/mol. The lowest BCUT2D eigenvalue weighted by Crippen LogP contribution is -2.21. The van der Waals surface area contributed by atoms with Crippen LogP contribution in [0.4, 0.5) is 0 Å². The van der Waals surface area contributed by atoms with Gasteiger partial charge in [-0.3, -0.25) is 4.79 Å². The molecule has 0 aromatic rings. The van der Waals surface area contributed by atoms with Crippen LogP contribution in [0.3, 0.4) is 0 Å². The Hall–Kier alpha value is -1.65. The molecule has 0 bridgehead atoms. The molecule has 0 saturated carbocycles. The van der Waals surface area contributed by atoms with Gasteiger partial charge in [0, 0.05) is 18.9 Å². The Kier molecular flexibility index (Phi) is 18.0. The first kappa shape index (κ1) is 25.4. The summed E-state index contributed by atoms with van der Waals surface area (Å²) in [5.74, 6) is -0.792. The summed E-state index contributed by atoms with van der Waals surface area (Å²) in [5.41, 5.74) is 0. The Morgan fingerprint density at radius 3 is 2.41 bits per heavy atom. The average Bonchev–Trinajstić information content (AvgIpc) is 2.65. The van der Waals surface area contributed by atoms with Crippen molar-refractivity contribution in [1.29, 1.82) is 0 Å². The Labute approximate surface area is 165 Å². The fraction of sp³-hybridized carbons (Fsp3) is 0.609. The summed E-state index contributed by atoms with van der Waals surface area (Å²) >= 11 is 0. The van der Waals surface area contributed by atoms with Gasteiger partial charge in [-0.25, -0.2) is 0 Å². The van der Waals surface area contributed by atoms with E-state index in [-0.39, 0.29) is 18.9 Å². The minimum Gasteiger partial charge on any atom is -0.481 e. The van der Waals surface area contributed by atoms with Crippen LogP contribution in [-0.4, -0.2) is 34.0 Å². The van der Waals surface area contributed by atoms with Crippen molar-refractivity contribution >= 4 is 5.97 Å². The van der Waals surface area contributed by atoms with Crippen molar-refractivity contribution < 1.29 is 20.1 Å². The van der Waals surface area contributed by atoms with Crippen LogP contribution >= 0.6 is 0 Å². The van der Waals surface area contributed by atoms with Crippen LogP contribution < -0.4 is 0 Å². The third kappa shape index (κ3) is 17.5. The maximum Gasteiger partial charge on any atom is 0.303 e. The Morgan fingerprint density at radius 2 is 1.70 bits per heavy atom. The standard InChI is InChI=1S/C23H38O4/c1-2-3-14-17-21(20-24)22(25)18-15-12-10-8-6-4-5-7-9-11-13-16-19-23(26)27/h5-8,10,12,15,18,21-22,24-25H,2-4,9,11,13-14,16-17,19-20H2,1H3,(H,26,27)/b7-5-,8-6-,12-10-,18-15+. The Balaban J connectivity index is 3.82. The normalized spacial score (nSPS) is 14.8. The summed E-state index contributed by atoms with van der Waals surface area (Å²) < 4.78 is 0. The van der Waals surface area contributed by atoms with Crippen LogP contribution in [0, 0.1) is 5.92 Å². The molecule has 0 saturated heterocycles. The number of aliphatic hydroxyl groups excluding tert-OH is 2. The first-order valence-corrected chi connectivity index (χ1v) is 10.3. The van der Waals surface area contributed by atoms with E-state index in [4.69, 9.17) is 5.11 Å². The third-order valence-electron chi connectivity index (χ3n) is 4.37.